The summed E-state index contributed by atoms with van der Waals surface area (Å²) in [6.07, 6.45) is 0. The van der Waals surface area contributed by atoms with Crippen molar-refractivity contribution >= 4 is 11.6 Å². The van der Waals surface area contributed by atoms with Gasteiger partial charge in [0.2, 0.25) is 0 Å². The van der Waals surface area contributed by atoms with Gasteiger partial charge in [-0.05, 0) is 44.0 Å². The number of methoxy groups -OCH3 is 1. The minimum atomic E-state index is -0.515. The number of benzene rings is 1. The topological polar surface area (TPSA) is 44.5 Å². The van der Waals surface area contributed by atoms with Gasteiger partial charge in [-0.3, -0.25) is 0 Å². The molecule has 1 aromatic rings. The van der Waals surface area contributed by atoms with E-state index in [1.54, 1.807) is 7.11 Å². The van der Waals surface area contributed by atoms with E-state index in [1.165, 1.54) is 0 Å². The molecule has 0 saturated carbocycles. The van der Waals surface area contributed by atoms with Crippen molar-refractivity contribution in [1.82, 2.24) is 0 Å². The van der Waals surface area contributed by atoms with Crippen LogP contribution in [0.2, 0.25) is 5.02 Å². The highest BCUT2D eigenvalue weighted by Crippen LogP contribution is 2.34. The molecule has 0 fully saturated rings. The van der Waals surface area contributed by atoms with Crippen molar-refractivity contribution in [3.8, 4) is 5.75 Å². The summed E-state index contributed by atoms with van der Waals surface area (Å²) in [4.78, 5) is 0. The van der Waals surface area contributed by atoms with Gasteiger partial charge >= 0.3 is 0 Å². The summed E-state index contributed by atoms with van der Waals surface area (Å²) in [5.74, 6) is 0.700. The molecule has 0 aliphatic carbocycles. The molecule has 2 N–H and O–H groups in total. The number of hydrogen-bond acceptors (Lipinski definition) is 3. The highest BCUT2D eigenvalue weighted by atomic mass is 35.5. The molecule has 1 aromatic carbocycles. The predicted octanol–water partition coefficient (Wildman–Crippen LogP) is 2.87. The van der Waals surface area contributed by atoms with E-state index >= 15 is 0 Å². The van der Waals surface area contributed by atoms with Gasteiger partial charge in [0.1, 0.15) is 11.4 Å². The quantitative estimate of drug-likeness (QED) is 0.882. The Bertz CT molecular complexity index is 389. The summed E-state index contributed by atoms with van der Waals surface area (Å²) in [6.45, 7) is 6.87. The zero-order valence-electron chi connectivity index (χ0n) is 10.8. The molecule has 17 heavy (non-hydrogen) atoms. The Balaban J connectivity index is 3.23. The van der Waals surface area contributed by atoms with E-state index in [1.807, 2.05) is 32.9 Å². The molecular formula is C13H20ClNO2. The third-order valence-corrected chi connectivity index (χ3v) is 3.28. The van der Waals surface area contributed by atoms with Crippen molar-refractivity contribution in [3.05, 3.63) is 28.3 Å². The van der Waals surface area contributed by atoms with Gasteiger partial charge in [-0.25, -0.2) is 0 Å². The maximum atomic E-state index is 6.18. The van der Waals surface area contributed by atoms with Crippen LogP contribution in [0.1, 0.15) is 25.0 Å². The molecule has 0 radical (unpaired) electrons. The Hall–Kier alpha value is -0.770. The number of aryl methyl sites for hydroxylation is 1. The Labute approximate surface area is 108 Å². The molecule has 0 bridgehead atoms. The lowest BCUT2D eigenvalue weighted by molar-refractivity contribution is 0.00953. The molecule has 1 atom stereocenters. The lowest BCUT2D eigenvalue weighted by Crippen LogP contribution is -2.34. The number of ether oxygens (including phenoxy) is 2. The molecule has 1 rings (SSSR count). The second kappa shape index (κ2) is 5.71. The minimum absolute atomic E-state index is 0.397. The monoisotopic (exact) mass is 257 g/mol. The fourth-order valence-corrected chi connectivity index (χ4v) is 2.01. The number of halogens is 1. The molecule has 4 heteroatoms. The van der Waals surface area contributed by atoms with Crippen LogP contribution in [0.15, 0.2) is 12.1 Å². The van der Waals surface area contributed by atoms with Gasteiger partial charge in [-0.2, -0.15) is 0 Å². The maximum Gasteiger partial charge on any atom is 0.138 e. The van der Waals surface area contributed by atoms with Gasteiger partial charge in [0.05, 0.1) is 11.6 Å². The van der Waals surface area contributed by atoms with E-state index in [0.29, 0.717) is 23.9 Å². The molecule has 1 unspecified atom stereocenters. The van der Waals surface area contributed by atoms with Crippen LogP contribution >= 0.6 is 11.6 Å². The second-order valence-corrected chi connectivity index (χ2v) is 4.58. The fraction of sp³-hybridized carbons (Fsp3) is 0.538. The average Bonchev–Trinajstić information content (AvgIpc) is 2.32. The molecule has 0 saturated heterocycles. The summed E-state index contributed by atoms with van der Waals surface area (Å²) < 4.78 is 10.9. The van der Waals surface area contributed by atoms with Crippen LogP contribution < -0.4 is 10.5 Å². The standard InChI is InChI=1S/C13H20ClNO2/c1-5-17-12-6-9(2)10(7-11(12)14)13(3,8-15)16-4/h6-7H,5,8,15H2,1-4H3. The van der Waals surface area contributed by atoms with Gasteiger partial charge in [0.25, 0.3) is 0 Å². The molecule has 0 aliphatic heterocycles. The van der Waals surface area contributed by atoms with Crippen LogP contribution in [0.25, 0.3) is 0 Å². The maximum absolute atomic E-state index is 6.18. The van der Waals surface area contributed by atoms with Crippen molar-refractivity contribution < 1.29 is 9.47 Å². The Morgan fingerprint density at radius 3 is 2.53 bits per heavy atom. The largest absolute Gasteiger partial charge is 0.492 e. The lowest BCUT2D eigenvalue weighted by atomic mass is 9.91. The van der Waals surface area contributed by atoms with Crippen LogP contribution in [-0.2, 0) is 10.3 Å². The lowest BCUT2D eigenvalue weighted by Gasteiger charge is -2.29. The van der Waals surface area contributed by atoms with E-state index < -0.39 is 5.60 Å². The summed E-state index contributed by atoms with van der Waals surface area (Å²) >= 11 is 6.18. The highest BCUT2D eigenvalue weighted by Gasteiger charge is 2.27. The summed E-state index contributed by atoms with van der Waals surface area (Å²) in [7, 11) is 1.65. The molecule has 0 amide bonds. The Morgan fingerprint density at radius 1 is 1.41 bits per heavy atom. The first-order valence-corrected chi connectivity index (χ1v) is 6.05. The zero-order valence-corrected chi connectivity index (χ0v) is 11.6. The molecule has 0 aliphatic rings. The summed E-state index contributed by atoms with van der Waals surface area (Å²) in [6, 6.07) is 3.80. The van der Waals surface area contributed by atoms with Crippen molar-refractivity contribution in [2.24, 2.45) is 5.73 Å². The molecule has 0 heterocycles. The van der Waals surface area contributed by atoms with Crippen LogP contribution in [0.3, 0.4) is 0 Å². The third kappa shape index (κ3) is 2.92. The fourth-order valence-electron chi connectivity index (χ4n) is 1.79. The highest BCUT2D eigenvalue weighted by molar-refractivity contribution is 6.32. The third-order valence-electron chi connectivity index (χ3n) is 2.99. The SMILES string of the molecule is CCOc1cc(C)c(C(C)(CN)OC)cc1Cl. The first-order chi connectivity index (χ1) is 7.98. The Morgan fingerprint density at radius 2 is 2.06 bits per heavy atom. The minimum Gasteiger partial charge on any atom is -0.492 e. The van der Waals surface area contributed by atoms with Gasteiger partial charge < -0.3 is 15.2 Å². The smallest absolute Gasteiger partial charge is 0.138 e. The van der Waals surface area contributed by atoms with E-state index in [-0.39, 0.29) is 0 Å². The average molecular weight is 258 g/mol. The summed E-state index contributed by atoms with van der Waals surface area (Å²) in [5, 5.41) is 0.587. The second-order valence-electron chi connectivity index (χ2n) is 4.17. The van der Waals surface area contributed by atoms with E-state index in [9.17, 15) is 0 Å². The van der Waals surface area contributed by atoms with Gasteiger partial charge in [-0.1, -0.05) is 11.6 Å². The van der Waals surface area contributed by atoms with Gasteiger partial charge in [0.15, 0.2) is 0 Å². The van der Waals surface area contributed by atoms with Crippen molar-refractivity contribution in [2.45, 2.75) is 26.4 Å². The van der Waals surface area contributed by atoms with Crippen LogP contribution in [-0.4, -0.2) is 20.3 Å². The van der Waals surface area contributed by atoms with Gasteiger partial charge in [0, 0.05) is 13.7 Å². The molecule has 0 aromatic heterocycles. The molecular weight excluding hydrogens is 238 g/mol. The zero-order chi connectivity index (χ0) is 13.1. The summed E-state index contributed by atoms with van der Waals surface area (Å²) in [5.41, 5.74) is 7.31. The van der Waals surface area contributed by atoms with Crippen molar-refractivity contribution in [3.63, 3.8) is 0 Å². The van der Waals surface area contributed by atoms with Gasteiger partial charge in [-0.15, -0.1) is 0 Å². The van der Waals surface area contributed by atoms with Crippen LogP contribution in [0.5, 0.6) is 5.75 Å². The van der Waals surface area contributed by atoms with E-state index in [2.05, 4.69) is 0 Å². The van der Waals surface area contributed by atoms with E-state index in [4.69, 9.17) is 26.8 Å². The van der Waals surface area contributed by atoms with Crippen LogP contribution in [0, 0.1) is 6.92 Å². The first-order valence-electron chi connectivity index (χ1n) is 5.67. The van der Waals surface area contributed by atoms with Crippen molar-refractivity contribution in [2.75, 3.05) is 20.3 Å². The normalized spacial score (nSPS) is 14.5. The van der Waals surface area contributed by atoms with Crippen LogP contribution in [0.4, 0.5) is 0 Å². The molecule has 3 nitrogen and oxygen atoms in total. The Kier molecular flexibility index (Phi) is 4.80. The molecule has 0 spiro atoms. The number of hydrogen-bond donors (Lipinski definition) is 1. The van der Waals surface area contributed by atoms with E-state index in [0.717, 1.165) is 11.1 Å². The number of nitrogens with two attached hydrogens (primary N) is 1. The number of rotatable bonds is 5. The van der Waals surface area contributed by atoms with Crippen molar-refractivity contribution in [1.29, 1.82) is 0 Å². The molecule has 96 valence electrons. The first kappa shape index (κ1) is 14.3. The predicted molar refractivity (Wildman–Crippen MR) is 70.8 cm³/mol.